The number of hydrogen-bond acceptors (Lipinski definition) is 7. The molecule has 1 saturated heterocycles. The van der Waals surface area contributed by atoms with E-state index in [-0.39, 0.29) is 17.0 Å². The van der Waals surface area contributed by atoms with Gasteiger partial charge in [0.1, 0.15) is 11.1 Å². The lowest BCUT2D eigenvalue weighted by atomic mass is 9.74. The minimum atomic E-state index is -0.147. The molecule has 2 aromatic carbocycles. The molecule has 3 aromatic heterocycles. The van der Waals surface area contributed by atoms with Crippen molar-refractivity contribution in [3.63, 3.8) is 0 Å². The molecule has 7 rings (SSSR count). The molecule has 0 amide bonds. The zero-order chi connectivity index (χ0) is 29.2. The lowest BCUT2D eigenvalue weighted by Crippen LogP contribution is -2.48. The van der Waals surface area contributed by atoms with Crippen LogP contribution in [0.1, 0.15) is 37.7 Å². The van der Waals surface area contributed by atoms with Gasteiger partial charge in [0.25, 0.3) is 5.56 Å². The number of anilines is 1. The largest absolute Gasteiger partial charge is 0.497 e. The molecular weight excluding hydrogens is 552 g/mol. The van der Waals surface area contributed by atoms with Crippen LogP contribution in [0.2, 0.25) is 5.02 Å². The molecule has 2 fully saturated rings. The third kappa shape index (κ3) is 4.27. The Labute approximate surface area is 248 Å². The van der Waals surface area contributed by atoms with Crippen LogP contribution in [-0.2, 0) is 20.6 Å². The second kappa shape index (κ2) is 10.1. The maximum Gasteiger partial charge on any atom is 0.266 e. The molecule has 1 aliphatic heterocycles. The van der Waals surface area contributed by atoms with Gasteiger partial charge in [0, 0.05) is 50.4 Å². The number of halogens is 1. The number of fused-ring (bicyclic) bond motifs is 2. The number of hydrogen-bond donors (Lipinski definition) is 1. The summed E-state index contributed by atoms with van der Waals surface area (Å²) in [4.78, 5) is 21.4. The second-order valence-corrected chi connectivity index (χ2v) is 12.2. The molecule has 1 spiro atoms. The van der Waals surface area contributed by atoms with Gasteiger partial charge in [0.2, 0.25) is 5.95 Å². The molecule has 0 radical (unpaired) electrons. The summed E-state index contributed by atoms with van der Waals surface area (Å²) in [6.07, 6.45) is 7.41. The number of nitrogens with zero attached hydrogens (tertiary/aromatic N) is 7. The molecule has 5 aromatic rings. The summed E-state index contributed by atoms with van der Waals surface area (Å²) in [5.74, 6) is 1.42. The van der Waals surface area contributed by atoms with Crippen molar-refractivity contribution >= 4 is 39.5 Å². The molecule has 218 valence electrons. The molecule has 1 atom stereocenters. The van der Waals surface area contributed by atoms with Gasteiger partial charge >= 0.3 is 0 Å². The van der Waals surface area contributed by atoms with Gasteiger partial charge in [-0.3, -0.25) is 18.7 Å². The quantitative estimate of drug-likeness (QED) is 0.323. The average molecular weight is 587 g/mol. The van der Waals surface area contributed by atoms with Crippen molar-refractivity contribution in [3.8, 4) is 17.0 Å². The predicted octanol–water partition coefficient (Wildman–Crippen LogP) is 4.49. The van der Waals surface area contributed by atoms with Crippen LogP contribution in [0.25, 0.3) is 33.2 Å². The molecule has 0 unspecified atom stereocenters. The highest BCUT2D eigenvalue weighted by molar-refractivity contribution is 6.38. The van der Waals surface area contributed by atoms with E-state index in [1.54, 1.807) is 23.4 Å². The third-order valence-corrected chi connectivity index (χ3v) is 9.87. The number of benzene rings is 2. The summed E-state index contributed by atoms with van der Waals surface area (Å²) in [6, 6.07) is 11.9. The van der Waals surface area contributed by atoms with Crippen molar-refractivity contribution in [1.29, 1.82) is 0 Å². The van der Waals surface area contributed by atoms with E-state index in [2.05, 4.69) is 10.00 Å². The first-order valence-corrected chi connectivity index (χ1v) is 14.9. The van der Waals surface area contributed by atoms with E-state index >= 15 is 0 Å². The number of rotatable bonds is 5. The highest BCUT2D eigenvalue weighted by Crippen LogP contribution is 2.46. The summed E-state index contributed by atoms with van der Waals surface area (Å²) < 4.78 is 10.6. The van der Waals surface area contributed by atoms with Crippen LogP contribution in [0.4, 0.5) is 5.95 Å². The zero-order valence-corrected chi connectivity index (χ0v) is 24.9. The SMILES string of the molecule is COc1ccc(Cn2nc3nc(N4CCC5(CCC[C@H]5N)CC4)n(C)c(=O)c3c2-c2ccc3nn(C)cc3c2Cl)cc1. The number of aromatic nitrogens is 6. The molecule has 2 N–H and O–H groups in total. The first-order valence-electron chi connectivity index (χ1n) is 14.5. The molecular formula is C31H35ClN8O2. The Hall–Kier alpha value is -3.89. The summed E-state index contributed by atoms with van der Waals surface area (Å²) in [5, 5.41) is 11.2. The standard InChI is InChI=1S/C31H35ClN8O2/c1-37-18-22-23(35-37)11-10-21(26(22)32)27-25-28(36-40(27)17-19-6-8-20(42-3)9-7-19)34-30(38(2)29(25)41)39-15-13-31(14-16-39)12-4-5-24(31)33/h6-11,18,24H,4-5,12-17,33H2,1-3H3/t24-/m1/s1. The van der Waals surface area contributed by atoms with Crippen molar-refractivity contribution in [2.24, 2.45) is 25.2 Å². The molecule has 11 heteroatoms. The van der Waals surface area contributed by atoms with Crippen molar-refractivity contribution in [1.82, 2.24) is 29.1 Å². The van der Waals surface area contributed by atoms with Gasteiger partial charge in [-0.1, -0.05) is 30.2 Å². The lowest BCUT2D eigenvalue weighted by Gasteiger charge is -2.42. The van der Waals surface area contributed by atoms with Crippen LogP contribution in [0.15, 0.2) is 47.4 Å². The Kier molecular flexibility index (Phi) is 6.51. The molecule has 1 saturated carbocycles. The van der Waals surface area contributed by atoms with Crippen LogP contribution in [0.5, 0.6) is 5.75 Å². The lowest BCUT2D eigenvalue weighted by molar-refractivity contribution is 0.196. The van der Waals surface area contributed by atoms with E-state index in [0.717, 1.165) is 60.1 Å². The normalized spacial score (nSPS) is 18.5. The Morgan fingerprint density at radius 3 is 2.52 bits per heavy atom. The highest BCUT2D eigenvalue weighted by atomic mass is 35.5. The van der Waals surface area contributed by atoms with Crippen molar-refractivity contribution < 1.29 is 4.74 Å². The van der Waals surface area contributed by atoms with Gasteiger partial charge in [0.05, 0.1) is 29.9 Å². The van der Waals surface area contributed by atoms with E-state index in [4.69, 9.17) is 32.2 Å². The fraction of sp³-hybridized carbons (Fsp3) is 0.419. The van der Waals surface area contributed by atoms with E-state index in [0.29, 0.717) is 34.2 Å². The Bertz CT molecular complexity index is 1860. The fourth-order valence-electron chi connectivity index (χ4n) is 7.03. The summed E-state index contributed by atoms with van der Waals surface area (Å²) in [6.45, 7) is 2.07. The molecule has 0 bridgehead atoms. The summed E-state index contributed by atoms with van der Waals surface area (Å²) in [5.41, 5.74) is 10.2. The molecule has 10 nitrogen and oxygen atoms in total. The first kappa shape index (κ1) is 27.0. The second-order valence-electron chi connectivity index (χ2n) is 11.8. The number of aryl methyl sites for hydroxylation is 1. The van der Waals surface area contributed by atoms with Crippen LogP contribution in [0, 0.1) is 5.41 Å². The first-order chi connectivity index (χ1) is 20.3. The van der Waals surface area contributed by atoms with E-state index in [9.17, 15) is 4.79 Å². The summed E-state index contributed by atoms with van der Waals surface area (Å²) >= 11 is 7.02. The Morgan fingerprint density at radius 1 is 1.07 bits per heavy atom. The molecule has 2 aliphatic rings. The van der Waals surface area contributed by atoms with Gasteiger partial charge in [-0.05, 0) is 60.9 Å². The number of methoxy groups -OCH3 is 1. The number of piperidine rings is 1. The van der Waals surface area contributed by atoms with E-state index < -0.39 is 0 Å². The Balaban J connectivity index is 1.36. The van der Waals surface area contributed by atoms with E-state index in [1.807, 2.05) is 54.3 Å². The van der Waals surface area contributed by atoms with Crippen molar-refractivity contribution in [2.75, 3.05) is 25.1 Å². The van der Waals surface area contributed by atoms with Crippen molar-refractivity contribution in [2.45, 2.75) is 44.7 Å². The van der Waals surface area contributed by atoms with Crippen LogP contribution < -0.4 is 20.9 Å². The topological polar surface area (TPSA) is 109 Å². The zero-order valence-electron chi connectivity index (χ0n) is 24.2. The number of ether oxygens (including phenoxy) is 1. The average Bonchev–Trinajstić information content (AvgIpc) is 3.67. The fourth-order valence-corrected chi connectivity index (χ4v) is 7.33. The number of nitrogens with two attached hydrogens (primary N) is 1. The van der Waals surface area contributed by atoms with Gasteiger partial charge in [0.15, 0.2) is 5.65 Å². The van der Waals surface area contributed by atoms with Crippen LogP contribution >= 0.6 is 11.6 Å². The van der Waals surface area contributed by atoms with Gasteiger partial charge in [-0.15, -0.1) is 0 Å². The maximum atomic E-state index is 14.2. The molecule has 1 aliphatic carbocycles. The van der Waals surface area contributed by atoms with Gasteiger partial charge in [-0.2, -0.15) is 15.2 Å². The molecule has 4 heterocycles. The van der Waals surface area contributed by atoms with Crippen LogP contribution in [-0.4, -0.2) is 55.4 Å². The van der Waals surface area contributed by atoms with Crippen molar-refractivity contribution in [3.05, 3.63) is 63.5 Å². The Morgan fingerprint density at radius 2 is 1.83 bits per heavy atom. The van der Waals surface area contributed by atoms with Gasteiger partial charge in [-0.25, -0.2) is 0 Å². The maximum absolute atomic E-state index is 14.2. The van der Waals surface area contributed by atoms with Gasteiger partial charge < -0.3 is 15.4 Å². The summed E-state index contributed by atoms with van der Waals surface area (Å²) in [7, 11) is 5.31. The molecule has 42 heavy (non-hydrogen) atoms. The highest BCUT2D eigenvalue weighted by Gasteiger charge is 2.43. The minimum absolute atomic E-state index is 0.147. The van der Waals surface area contributed by atoms with Crippen LogP contribution in [0.3, 0.4) is 0 Å². The smallest absolute Gasteiger partial charge is 0.266 e. The predicted molar refractivity (Wildman–Crippen MR) is 165 cm³/mol. The third-order valence-electron chi connectivity index (χ3n) is 9.46. The monoisotopic (exact) mass is 586 g/mol. The minimum Gasteiger partial charge on any atom is -0.497 e. The van der Waals surface area contributed by atoms with E-state index in [1.165, 1.54) is 12.8 Å².